The van der Waals surface area contributed by atoms with Gasteiger partial charge in [-0.05, 0) is 12.0 Å². The third-order valence-corrected chi connectivity index (χ3v) is 4.84. The van der Waals surface area contributed by atoms with Crippen LogP contribution in [0.1, 0.15) is 28.7 Å². The van der Waals surface area contributed by atoms with Crippen molar-refractivity contribution in [3.63, 3.8) is 0 Å². The summed E-state index contributed by atoms with van der Waals surface area (Å²) in [6.45, 7) is 1.91. The minimum Gasteiger partial charge on any atom is -0.477 e. The molecule has 0 unspecified atom stereocenters. The number of aromatic nitrogens is 2. The van der Waals surface area contributed by atoms with E-state index in [9.17, 15) is 15.2 Å². The Morgan fingerprint density at radius 3 is 2.50 bits per heavy atom. The Kier molecular flexibility index (Phi) is 4.19. The lowest BCUT2D eigenvalue weighted by Gasteiger charge is -2.05. The van der Waals surface area contributed by atoms with E-state index in [4.69, 9.17) is 0 Å². The zero-order chi connectivity index (χ0) is 17.3. The van der Waals surface area contributed by atoms with Gasteiger partial charge < -0.3 is 9.67 Å². The molecule has 1 aromatic carbocycles. The third kappa shape index (κ3) is 2.49. The summed E-state index contributed by atoms with van der Waals surface area (Å²) >= 11 is 1.54. The smallest absolute Gasteiger partial charge is 0.353 e. The van der Waals surface area contributed by atoms with E-state index in [1.54, 1.807) is 29.1 Å². The quantitative estimate of drug-likeness (QED) is 0.782. The van der Waals surface area contributed by atoms with Crippen molar-refractivity contribution in [2.45, 2.75) is 13.3 Å². The van der Waals surface area contributed by atoms with Crippen molar-refractivity contribution in [1.82, 2.24) is 9.55 Å². The summed E-state index contributed by atoms with van der Waals surface area (Å²) in [5.41, 5.74) is 3.48. The zero-order valence-electron chi connectivity index (χ0n) is 13.3. The molecule has 0 radical (unpaired) electrons. The lowest BCUT2D eigenvalue weighted by molar-refractivity contribution is 0.0687. The van der Waals surface area contributed by atoms with Gasteiger partial charge in [0.05, 0.1) is 5.56 Å². The molecule has 0 bridgehead atoms. The number of benzene rings is 1. The van der Waals surface area contributed by atoms with Crippen molar-refractivity contribution in [2.24, 2.45) is 7.05 Å². The molecule has 3 aromatic rings. The maximum atomic E-state index is 11.7. The van der Waals surface area contributed by atoms with Crippen LogP contribution in [0.15, 0.2) is 35.8 Å². The van der Waals surface area contributed by atoms with Gasteiger partial charge in [0.2, 0.25) is 0 Å². The summed E-state index contributed by atoms with van der Waals surface area (Å²) < 4.78 is 1.60. The number of nitriles is 1. The van der Waals surface area contributed by atoms with Crippen molar-refractivity contribution >= 4 is 17.3 Å². The summed E-state index contributed by atoms with van der Waals surface area (Å²) in [4.78, 5) is 16.0. The van der Waals surface area contributed by atoms with E-state index in [1.165, 1.54) is 0 Å². The largest absolute Gasteiger partial charge is 0.477 e. The number of nitrogens with zero attached hydrogens (tertiary/aromatic N) is 3. The monoisotopic (exact) mass is 337 g/mol. The molecule has 0 atom stereocenters. The molecule has 0 saturated carbocycles. The number of hydrogen-bond acceptors (Lipinski definition) is 4. The first-order valence-corrected chi connectivity index (χ1v) is 8.31. The van der Waals surface area contributed by atoms with Crippen molar-refractivity contribution in [3.8, 4) is 27.8 Å². The van der Waals surface area contributed by atoms with E-state index in [0.29, 0.717) is 17.5 Å². The summed E-state index contributed by atoms with van der Waals surface area (Å²) in [6.07, 6.45) is 2.34. The van der Waals surface area contributed by atoms with Gasteiger partial charge in [-0.15, -0.1) is 11.3 Å². The maximum Gasteiger partial charge on any atom is 0.353 e. The molecule has 2 aromatic heterocycles. The SMILES string of the molecule is CCc1c(C#N)c(-c2ccc(-c3nccs3)cc2)c(C(=O)O)n1C. The van der Waals surface area contributed by atoms with E-state index < -0.39 is 5.97 Å². The van der Waals surface area contributed by atoms with Crippen molar-refractivity contribution < 1.29 is 9.90 Å². The van der Waals surface area contributed by atoms with Crippen LogP contribution in [0.5, 0.6) is 0 Å². The molecule has 6 heteroatoms. The molecule has 0 fully saturated rings. The Morgan fingerprint density at radius 2 is 2.00 bits per heavy atom. The molecule has 0 saturated heterocycles. The second-order valence-corrected chi connectivity index (χ2v) is 6.18. The second kappa shape index (κ2) is 6.30. The Bertz CT molecular complexity index is 932. The van der Waals surface area contributed by atoms with Crippen molar-refractivity contribution in [1.29, 1.82) is 5.26 Å². The Balaban J connectivity index is 2.19. The molecule has 0 spiro atoms. The highest BCUT2D eigenvalue weighted by atomic mass is 32.1. The highest BCUT2D eigenvalue weighted by Crippen LogP contribution is 2.34. The average molecular weight is 337 g/mol. The van der Waals surface area contributed by atoms with Gasteiger partial charge in [0.25, 0.3) is 0 Å². The molecule has 0 amide bonds. The summed E-state index contributed by atoms with van der Waals surface area (Å²) in [6, 6.07) is 9.67. The molecule has 1 N–H and O–H groups in total. The minimum absolute atomic E-state index is 0.144. The highest BCUT2D eigenvalue weighted by molar-refractivity contribution is 7.13. The van der Waals surface area contributed by atoms with Crippen molar-refractivity contribution in [2.75, 3.05) is 0 Å². The second-order valence-electron chi connectivity index (χ2n) is 5.29. The van der Waals surface area contributed by atoms with Crippen LogP contribution in [-0.4, -0.2) is 20.6 Å². The normalized spacial score (nSPS) is 10.5. The number of carboxylic acid groups (broad SMARTS) is 1. The molecular formula is C18H15N3O2S. The predicted octanol–water partition coefficient (Wildman–Crippen LogP) is 3.95. The fraction of sp³-hybridized carbons (Fsp3) is 0.167. The Morgan fingerprint density at radius 1 is 1.33 bits per heavy atom. The molecular weight excluding hydrogens is 322 g/mol. The molecule has 0 aliphatic rings. The molecule has 120 valence electrons. The van der Waals surface area contributed by atoms with E-state index in [1.807, 2.05) is 36.6 Å². The fourth-order valence-corrected chi connectivity index (χ4v) is 3.59. The van der Waals surface area contributed by atoms with Crippen LogP contribution in [0.4, 0.5) is 0 Å². The lowest BCUT2D eigenvalue weighted by Crippen LogP contribution is -2.07. The fourth-order valence-electron chi connectivity index (χ4n) is 2.94. The standard InChI is InChI=1S/C18H15N3O2S/c1-3-14-13(10-19)15(16(18(22)23)21(14)2)11-4-6-12(7-5-11)17-20-8-9-24-17/h4-9H,3H2,1-2H3,(H,22,23). The minimum atomic E-state index is -1.03. The van der Waals surface area contributed by atoms with E-state index in [-0.39, 0.29) is 5.69 Å². The summed E-state index contributed by atoms with van der Waals surface area (Å²) in [5.74, 6) is -1.03. The van der Waals surface area contributed by atoms with Gasteiger partial charge >= 0.3 is 5.97 Å². The average Bonchev–Trinajstić information content (AvgIpc) is 3.20. The number of aromatic carboxylic acids is 1. The number of carboxylic acids is 1. The zero-order valence-corrected chi connectivity index (χ0v) is 14.1. The van der Waals surface area contributed by atoms with E-state index in [0.717, 1.165) is 21.8 Å². The summed E-state index contributed by atoms with van der Waals surface area (Å²) in [7, 11) is 1.69. The Hall–Kier alpha value is -2.91. The van der Waals surface area contributed by atoms with Crippen LogP contribution < -0.4 is 0 Å². The van der Waals surface area contributed by atoms with Crippen LogP contribution >= 0.6 is 11.3 Å². The Labute approximate surface area is 143 Å². The predicted molar refractivity (Wildman–Crippen MR) is 93.0 cm³/mol. The molecule has 24 heavy (non-hydrogen) atoms. The van der Waals surface area contributed by atoms with Crippen molar-refractivity contribution in [3.05, 3.63) is 52.8 Å². The van der Waals surface area contributed by atoms with Crippen LogP contribution in [-0.2, 0) is 13.5 Å². The lowest BCUT2D eigenvalue weighted by atomic mass is 9.99. The first-order chi connectivity index (χ1) is 11.6. The van der Waals surface area contributed by atoms with Gasteiger partial charge in [-0.1, -0.05) is 31.2 Å². The van der Waals surface area contributed by atoms with Crippen LogP contribution in [0.3, 0.4) is 0 Å². The van der Waals surface area contributed by atoms with Gasteiger partial charge in [-0.2, -0.15) is 5.26 Å². The number of rotatable bonds is 4. The van der Waals surface area contributed by atoms with Crippen LogP contribution in [0.25, 0.3) is 21.7 Å². The topological polar surface area (TPSA) is 78.9 Å². The van der Waals surface area contributed by atoms with Gasteiger partial charge in [-0.25, -0.2) is 9.78 Å². The molecule has 5 nitrogen and oxygen atoms in total. The highest BCUT2D eigenvalue weighted by Gasteiger charge is 2.25. The molecule has 3 rings (SSSR count). The van der Waals surface area contributed by atoms with Crippen LogP contribution in [0.2, 0.25) is 0 Å². The molecule has 0 aliphatic carbocycles. The first kappa shape index (κ1) is 16.0. The van der Waals surface area contributed by atoms with E-state index >= 15 is 0 Å². The first-order valence-electron chi connectivity index (χ1n) is 7.43. The van der Waals surface area contributed by atoms with Gasteiger partial charge in [0.15, 0.2) is 0 Å². The van der Waals surface area contributed by atoms with Gasteiger partial charge in [0.1, 0.15) is 16.8 Å². The van der Waals surface area contributed by atoms with Gasteiger partial charge in [0, 0.05) is 35.4 Å². The number of carbonyl (C=O) groups is 1. The third-order valence-electron chi connectivity index (χ3n) is 4.02. The maximum absolute atomic E-state index is 11.7. The number of hydrogen-bond donors (Lipinski definition) is 1. The summed E-state index contributed by atoms with van der Waals surface area (Å²) in [5, 5.41) is 22.0. The molecule has 2 heterocycles. The van der Waals surface area contributed by atoms with Crippen LogP contribution in [0, 0.1) is 11.3 Å². The van der Waals surface area contributed by atoms with Gasteiger partial charge in [-0.3, -0.25) is 0 Å². The van der Waals surface area contributed by atoms with E-state index in [2.05, 4.69) is 11.1 Å². The number of thiazole rings is 1. The molecule has 0 aliphatic heterocycles.